The molecule has 0 spiro atoms. The van der Waals surface area contributed by atoms with E-state index in [4.69, 9.17) is 9.15 Å². The molecule has 1 aromatic heterocycles. The summed E-state index contributed by atoms with van der Waals surface area (Å²) in [6, 6.07) is 10.6. The minimum atomic E-state index is -0.324. The van der Waals surface area contributed by atoms with Gasteiger partial charge in [-0.05, 0) is 29.8 Å². The largest absolute Gasteiger partial charge is 0.497 e. The summed E-state index contributed by atoms with van der Waals surface area (Å²) in [6.07, 6.45) is 1.25. The number of methoxy groups -OCH3 is 1. The van der Waals surface area contributed by atoms with Crippen LogP contribution in [0.25, 0.3) is 0 Å². The Kier molecular flexibility index (Phi) is 6.31. The van der Waals surface area contributed by atoms with Gasteiger partial charge in [-0.1, -0.05) is 12.1 Å². The lowest BCUT2D eigenvalue weighted by atomic mass is 10.2. The molecule has 1 N–H and O–H groups in total. The molecule has 28 heavy (non-hydrogen) atoms. The number of amides is 3. The van der Waals surface area contributed by atoms with Crippen molar-refractivity contribution < 1.29 is 23.5 Å². The standard InChI is InChI=1S/C20H23N3O5/c1-27-16-6-4-15(5-7-16)14-21-18(24)13-19(25)22-8-10-23(11-9-22)20(26)17-3-2-12-28-17/h2-7,12H,8-11,13-14H2,1H3,(H,21,24). The Morgan fingerprint density at radius 2 is 1.71 bits per heavy atom. The summed E-state index contributed by atoms with van der Waals surface area (Å²) in [5.74, 6) is 0.286. The van der Waals surface area contributed by atoms with Gasteiger partial charge in [0.05, 0.1) is 13.4 Å². The van der Waals surface area contributed by atoms with Gasteiger partial charge in [-0.15, -0.1) is 0 Å². The fourth-order valence-corrected chi connectivity index (χ4v) is 2.97. The minimum absolute atomic E-state index is 0.186. The van der Waals surface area contributed by atoms with Gasteiger partial charge in [0.2, 0.25) is 11.8 Å². The number of ether oxygens (including phenoxy) is 1. The van der Waals surface area contributed by atoms with Crippen LogP contribution in [0.3, 0.4) is 0 Å². The van der Waals surface area contributed by atoms with Crippen molar-refractivity contribution in [2.75, 3.05) is 33.3 Å². The van der Waals surface area contributed by atoms with Crippen LogP contribution in [0.4, 0.5) is 0 Å². The van der Waals surface area contributed by atoms with Gasteiger partial charge in [-0.3, -0.25) is 14.4 Å². The molecule has 2 heterocycles. The maximum absolute atomic E-state index is 12.3. The van der Waals surface area contributed by atoms with Gasteiger partial charge in [0.15, 0.2) is 5.76 Å². The molecule has 0 bridgehead atoms. The van der Waals surface area contributed by atoms with E-state index in [0.29, 0.717) is 32.7 Å². The van der Waals surface area contributed by atoms with Crippen LogP contribution < -0.4 is 10.1 Å². The van der Waals surface area contributed by atoms with Crippen molar-refractivity contribution in [3.8, 4) is 5.75 Å². The molecule has 148 valence electrons. The van der Waals surface area contributed by atoms with Crippen LogP contribution in [0.2, 0.25) is 0 Å². The van der Waals surface area contributed by atoms with Crippen LogP contribution in [0.5, 0.6) is 5.75 Å². The zero-order chi connectivity index (χ0) is 19.9. The third-order valence-electron chi connectivity index (χ3n) is 4.61. The molecule has 3 amide bonds. The molecule has 1 aromatic carbocycles. The number of rotatable bonds is 6. The molecule has 2 aromatic rings. The fourth-order valence-electron chi connectivity index (χ4n) is 2.97. The van der Waals surface area contributed by atoms with Crippen molar-refractivity contribution in [2.24, 2.45) is 0 Å². The predicted octanol–water partition coefficient (Wildman–Crippen LogP) is 1.28. The maximum atomic E-state index is 12.3. The number of hydrogen-bond donors (Lipinski definition) is 1. The lowest BCUT2D eigenvalue weighted by Gasteiger charge is -2.34. The van der Waals surface area contributed by atoms with Crippen LogP contribution in [0.1, 0.15) is 22.5 Å². The summed E-state index contributed by atoms with van der Waals surface area (Å²) >= 11 is 0. The molecule has 1 aliphatic heterocycles. The number of furan rings is 1. The highest BCUT2D eigenvalue weighted by molar-refractivity contribution is 5.97. The van der Waals surface area contributed by atoms with Crippen molar-refractivity contribution in [1.29, 1.82) is 0 Å². The molecule has 1 fully saturated rings. The Balaban J connectivity index is 1.41. The van der Waals surface area contributed by atoms with Crippen LogP contribution in [0.15, 0.2) is 47.1 Å². The van der Waals surface area contributed by atoms with Gasteiger partial charge in [-0.25, -0.2) is 0 Å². The van der Waals surface area contributed by atoms with Crippen molar-refractivity contribution in [3.63, 3.8) is 0 Å². The van der Waals surface area contributed by atoms with Crippen LogP contribution >= 0.6 is 0 Å². The van der Waals surface area contributed by atoms with E-state index in [2.05, 4.69) is 5.32 Å². The first-order valence-electron chi connectivity index (χ1n) is 9.07. The zero-order valence-corrected chi connectivity index (χ0v) is 15.7. The number of nitrogens with one attached hydrogen (secondary N) is 1. The lowest BCUT2D eigenvalue weighted by molar-refractivity contribution is -0.137. The third kappa shape index (κ3) is 4.91. The second kappa shape index (κ2) is 9.07. The molecular weight excluding hydrogens is 362 g/mol. The van der Waals surface area contributed by atoms with Crippen molar-refractivity contribution in [1.82, 2.24) is 15.1 Å². The van der Waals surface area contributed by atoms with E-state index in [1.54, 1.807) is 29.0 Å². The second-order valence-electron chi connectivity index (χ2n) is 6.45. The molecular formula is C20H23N3O5. The van der Waals surface area contributed by atoms with E-state index in [9.17, 15) is 14.4 Å². The number of benzene rings is 1. The first-order valence-corrected chi connectivity index (χ1v) is 9.07. The smallest absolute Gasteiger partial charge is 0.289 e. The first-order chi connectivity index (χ1) is 13.6. The first kappa shape index (κ1) is 19.5. The highest BCUT2D eigenvalue weighted by Crippen LogP contribution is 2.12. The SMILES string of the molecule is COc1ccc(CNC(=O)CC(=O)N2CCN(C(=O)c3ccco3)CC2)cc1. The Bertz CT molecular complexity index is 809. The lowest BCUT2D eigenvalue weighted by Crippen LogP contribution is -2.51. The number of carbonyl (C=O) groups is 3. The van der Waals surface area contributed by atoms with E-state index in [-0.39, 0.29) is 29.9 Å². The van der Waals surface area contributed by atoms with Gasteiger partial charge >= 0.3 is 0 Å². The number of hydrogen-bond acceptors (Lipinski definition) is 5. The summed E-state index contributed by atoms with van der Waals surface area (Å²) in [5.41, 5.74) is 0.923. The molecule has 3 rings (SSSR count). The molecule has 0 unspecified atom stereocenters. The Morgan fingerprint density at radius 1 is 1.04 bits per heavy atom. The number of piperazine rings is 1. The van der Waals surface area contributed by atoms with E-state index >= 15 is 0 Å². The van der Waals surface area contributed by atoms with E-state index in [1.807, 2.05) is 24.3 Å². The number of nitrogens with zero attached hydrogens (tertiary/aromatic N) is 2. The van der Waals surface area contributed by atoms with Gasteiger partial charge in [-0.2, -0.15) is 0 Å². The third-order valence-corrected chi connectivity index (χ3v) is 4.61. The summed E-state index contributed by atoms with van der Waals surface area (Å²) in [4.78, 5) is 39.9. The minimum Gasteiger partial charge on any atom is -0.497 e. The molecule has 8 nitrogen and oxygen atoms in total. The molecule has 0 atom stereocenters. The average Bonchev–Trinajstić information content (AvgIpc) is 3.27. The van der Waals surface area contributed by atoms with E-state index in [0.717, 1.165) is 11.3 Å². The average molecular weight is 385 g/mol. The Morgan fingerprint density at radius 3 is 2.32 bits per heavy atom. The topological polar surface area (TPSA) is 92.1 Å². The molecule has 1 aliphatic rings. The maximum Gasteiger partial charge on any atom is 0.289 e. The summed E-state index contributed by atoms with van der Waals surface area (Å²) in [7, 11) is 1.59. The molecule has 0 aliphatic carbocycles. The van der Waals surface area contributed by atoms with Crippen molar-refractivity contribution in [2.45, 2.75) is 13.0 Å². The summed E-state index contributed by atoms with van der Waals surface area (Å²) in [5, 5.41) is 2.75. The second-order valence-corrected chi connectivity index (χ2v) is 6.45. The van der Waals surface area contributed by atoms with E-state index < -0.39 is 0 Å². The van der Waals surface area contributed by atoms with Crippen LogP contribution in [-0.4, -0.2) is 60.8 Å². The summed E-state index contributed by atoms with van der Waals surface area (Å²) in [6.45, 7) is 1.98. The van der Waals surface area contributed by atoms with Gasteiger partial charge in [0.25, 0.3) is 5.91 Å². The van der Waals surface area contributed by atoms with Gasteiger partial charge in [0.1, 0.15) is 12.2 Å². The molecule has 1 saturated heterocycles. The zero-order valence-electron chi connectivity index (χ0n) is 15.7. The molecule has 0 saturated carbocycles. The highest BCUT2D eigenvalue weighted by atomic mass is 16.5. The van der Waals surface area contributed by atoms with Crippen LogP contribution in [0, 0.1) is 0 Å². The van der Waals surface area contributed by atoms with Crippen LogP contribution in [-0.2, 0) is 16.1 Å². The van der Waals surface area contributed by atoms with Crippen molar-refractivity contribution in [3.05, 3.63) is 54.0 Å². The monoisotopic (exact) mass is 385 g/mol. The Labute approximate surface area is 163 Å². The van der Waals surface area contributed by atoms with Gasteiger partial charge < -0.3 is 24.3 Å². The predicted molar refractivity (Wildman–Crippen MR) is 101 cm³/mol. The van der Waals surface area contributed by atoms with Crippen molar-refractivity contribution >= 4 is 17.7 Å². The normalized spacial score (nSPS) is 13.9. The fraction of sp³-hybridized carbons (Fsp3) is 0.350. The highest BCUT2D eigenvalue weighted by Gasteiger charge is 2.26. The molecule has 0 radical (unpaired) electrons. The molecule has 8 heteroatoms. The number of carbonyl (C=O) groups excluding carboxylic acids is 3. The van der Waals surface area contributed by atoms with E-state index in [1.165, 1.54) is 6.26 Å². The quantitative estimate of drug-likeness (QED) is 0.757. The van der Waals surface area contributed by atoms with Gasteiger partial charge in [0, 0.05) is 32.7 Å². The Hall–Kier alpha value is -3.29. The summed E-state index contributed by atoms with van der Waals surface area (Å²) < 4.78 is 10.2.